The van der Waals surface area contributed by atoms with Crippen LogP contribution >= 0.6 is 0 Å². The van der Waals surface area contributed by atoms with Crippen molar-refractivity contribution in [3.63, 3.8) is 0 Å². The minimum absolute atomic E-state index is 0.0912. The van der Waals surface area contributed by atoms with Crippen molar-refractivity contribution in [1.82, 2.24) is 5.32 Å². The van der Waals surface area contributed by atoms with Crippen molar-refractivity contribution in [2.75, 3.05) is 13.2 Å². The lowest BCUT2D eigenvalue weighted by Crippen LogP contribution is -2.30. The number of ether oxygens (including phenoxy) is 1. The summed E-state index contributed by atoms with van der Waals surface area (Å²) in [5.41, 5.74) is 0.0912. The van der Waals surface area contributed by atoms with Gasteiger partial charge in [-0.25, -0.2) is 0 Å². The summed E-state index contributed by atoms with van der Waals surface area (Å²) in [5.74, 6) is 0.685. The average molecular weight is 322 g/mol. The molecule has 1 unspecified atom stereocenters. The molecular weight excluding hydrogens is 292 g/mol. The van der Waals surface area contributed by atoms with E-state index in [0.717, 1.165) is 19.4 Å². The van der Waals surface area contributed by atoms with Gasteiger partial charge in [0.1, 0.15) is 5.75 Å². The van der Waals surface area contributed by atoms with Gasteiger partial charge in [-0.1, -0.05) is 39.5 Å². The van der Waals surface area contributed by atoms with Crippen molar-refractivity contribution in [3.8, 4) is 5.75 Å². The van der Waals surface area contributed by atoms with Crippen molar-refractivity contribution in [2.45, 2.75) is 64.8 Å². The van der Waals surface area contributed by atoms with Gasteiger partial charge in [-0.15, -0.1) is 0 Å². The van der Waals surface area contributed by atoms with Crippen LogP contribution in [0, 0.1) is 10.1 Å². The van der Waals surface area contributed by atoms with Crippen LogP contribution in [0.5, 0.6) is 5.75 Å². The second kappa shape index (κ2) is 11.9. The Hall–Kier alpha value is -1.62. The lowest BCUT2D eigenvalue weighted by atomic mass is 10.1. The number of nitrogens with zero attached hydrogens (tertiary/aromatic N) is 1. The topological polar surface area (TPSA) is 64.4 Å². The standard InChI is InChI=1S/C18H30N2O3/c1-3-5-6-7-8-14-19-16(4-2)13-15-23-18-11-9-17(10-12-18)20(21)22/h9-12,16,19H,3-8,13-15H2,1-2H3. The van der Waals surface area contributed by atoms with Gasteiger partial charge >= 0.3 is 0 Å². The number of nitro groups is 1. The van der Waals surface area contributed by atoms with Crippen LogP contribution in [0.1, 0.15) is 58.8 Å². The predicted octanol–water partition coefficient (Wildman–Crippen LogP) is 4.70. The first-order chi connectivity index (χ1) is 11.2. The second-order valence-electron chi connectivity index (χ2n) is 5.86. The molecule has 0 radical (unpaired) electrons. The summed E-state index contributed by atoms with van der Waals surface area (Å²) in [6.07, 6.45) is 8.51. The molecule has 5 heteroatoms. The predicted molar refractivity (Wildman–Crippen MR) is 94.0 cm³/mol. The van der Waals surface area contributed by atoms with E-state index in [4.69, 9.17) is 4.74 Å². The minimum atomic E-state index is -0.401. The molecule has 1 rings (SSSR count). The monoisotopic (exact) mass is 322 g/mol. The van der Waals surface area contributed by atoms with Crippen LogP contribution in [-0.4, -0.2) is 24.1 Å². The molecule has 0 fully saturated rings. The molecule has 1 aromatic rings. The van der Waals surface area contributed by atoms with E-state index in [0.29, 0.717) is 18.4 Å². The van der Waals surface area contributed by atoms with Crippen LogP contribution in [0.15, 0.2) is 24.3 Å². The molecule has 23 heavy (non-hydrogen) atoms. The van der Waals surface area contributed by atoms with E-state index in [-0.39, 0.29) is 5.69 Å². The van der Waals surface area contributed by atoms with E-state index in [1.807, 2.05) is 0 Å². The maximum absolute atomic E-state index is 10.6. The lowest BCUT2D eigenvalue weighted by Gasteiger charge is -2.17. The highest BCUT2D eigenvalue weighted by atomic mass is 16.6. The lowest BCUT2D eigenvalue weighted by molar-refractivity contribution is -0.384. The summed E-state index contributed by atoms with van der Waals surface area (Å²) in [5, 5.41) is 14.2. The van der Waals surface area contributed by atoms with Crippen molar-refractivity contribution in [1.29, 1.82) is 0 Å². The Labute approximate surface area is 139 Å². The first-order valence-corrected chi connectivity index (χ1v) is 8.78. The molecule has 1 aromatic carbocycles. The molecule has 0 bridgehead atoms. The van der Waals surface area contributed by atoms with E-state index < -0.39 is 4.92 Å². The first-order valence-electron chi connectivity index (χ1n) is 8.78. The Morgan fingerprint density at radius 3 is 2.43 bits per heavy atom. The Kier molecular flexibility index (Phi) is 10.0. The van der Waals surface area contributed by atoms with E-state index in [9.17, 15) is 10.1 Å². The van der Waals surface area contributed by atoms with Crippen LogP contribution in [0.3, 0.4) is 0 Å². The summed E-state index contributed by atoms with van der Waals surface area (Å²) >= 11 is 0. The smallest absolute Gasteiger partial charge is 0.269 e. The molecule has 0 spiro atoms. The molecule has 0 saturated carbocycles. The zero-order valence-corrected chi connectivity index (χ0v) is 14.4. The zero-order valence-electron chi connectivity index (χ0n) is 14.4. The van der Waals surface area contributed by atoms with Gasteiger partial charge in [-0.3, -0.25) is 10.1 Å². The molecule has 0 aliphatic carbocycles. The first kappa shape index (κ1) is 19.4. The summed E-state index contributed by atoms with van der Waals surface area (Å²) in [7, 11) is 0. The third-order valence-corrected chi connectivity index (χ3v) is 3.99. The second-order valence-corrected chi connectivity index (χ2v) is 5.86. The molecule has 0 aliphatic heterocycles. The SMILES string of the molecule is CCCCCCCNC(CC)CCOc1ccc([N+](=O)[O-])cc1. The zero-order chi connectivity index (χ0) is 16.9. The molecule has 130 valence electrons. The maximum Gasteiger partial charge on any atom is 0.269 e. The summed E-state index contributed by atoms with van der Waals surface area (Å²) < 4.78 is 5.67. The van der Waals surface area contributed by atoms with Gasteiger partial charge in [0.2, 0.25) is 0 Å². The third kappa shape index (κ3) is 8.55. The highest BCUT2D eigenvalue weighted by molar-refractivity contribution is 5.35. The molecule has 0 heterocycles. The summed E-state index contributed by atoms with van der Waals surface area (Å²) in [6.45, 7) is 6.11. The van der Waals surface area contributed by atoms with Crippen molar-refractivity contribution >= 4 is 5.69 Å². The van der Waals surface area contributed by atoms with E-state index in [1.165, 1.54) is 44.2 Å². The highest BCUT2D eigenvalue weighted by Crippen LogP contribution is 2.17. The number of benzene rings is 1. The Morgan fingerprint density at radius 1 is 1.13 bits per heavy atom. The summed E-state index contributed by atoms with van der Waals surface area (Å²) in [6, 6.07) is 6.72. The van der Waals surface area contributed by atoms with Crippen molar-refractivity contribution < 1.29 is 9.66 Å². The molecule has 0 amide bonds. The van der Waals surface area contributed by atoms with Crippen molar-refractivity contribution in [2.24, 2.45) is 0 Å². The van der Waals surface area contributed by atoms with Crippen molar-refractivity contribution in [3.05, 3.63) is 34.4 Å². The molecule has 0 saturated heterocycles. The largest absolute Gasteiger partial charge is 0.494 e. The van der Waals surface area contributed by atoms with E-state index in [1.54, 1.807) is 12.1 Å². The molecule has 1 atom stereocenters. The van der Waals surface area contributed by atoms with E-state index >= 15 is 0 Å². The van der Waals surface area contributed by atoms with Crippen LogP contribution in [0.2, 0.25) is 0 Å². The Morgan fingerprint density at radius 2 is 1.83 bits per heavy atom. The Balaban J connectivity index is 2.17. The Bertz CT molecular complexity index is 434. The van der Waals surface area contributed by atoms with Gasteiger partial charge in [-0.05, 0) is 37.9 Å². The molecular formula is C18H30N2O3. The average Bonchev–Trinajstić information content (AvgIpc) is 2.56. The van der Waals surface area contributed by atoms with Crippen LogP contribution < -0.4 is 10.1 Å². The van der Waals surface area contributed by atoms with Crippen LogP contribution in [0.4, 0.5) is 5.69 Å². The third-order valence-electron chi connectivity index (χ3n) is 3.99. The van der Waals surface area contributed by atoms with E-state index in [2.05, 4.69) is 19.2 Å². The number of non-ortho nitro benzene ring substituents is 1. The molecule has 5 nitrogen and oxygen atoms in total. The van der Waals surface area contributed by atoms with Gasteiger partial charge in [0.05, 0.1) is 11.5 Å². The fraction of sp³-hybridized carbons (Fsp3) is 0.667. The molecule has 0 aromatic heterocycles. The maximum atomic E-state index is 10.6. The number of rotatable bonds is 13. The van der Waals surface area contributed by atoms with Gasteiger partial charge in [0.25, 0.3) is 5.69 Å². The quantitative estimate of drug-likeness (QED) is 0.325. The summed E-state index contributed by atoms with van der Waals surface area (Å²) in [4.78, 5) is 10.2. The molecule has 1 N–H and O–H groups in total. The number of unbranched alkanes of at least 4 members (excludes halogenated alkanes) is 4. The van der Waals surface area contributed by atoms with Crippen LogP contribution in [-0.2, 0) is 0 Å². The number of nitro benzene ring substituents is 1. The minimum Gasteiger partial charge on any atom is -0.494 e. The highest BCUT2D eigenvalue weighted by Gasteiger charge is 2.07. The van der Waals surface area contributed by atoms with Crippen LogP contribution in [0.25, 0.3) is 0 Å². The fourth-order valence-corrected chi connectivity index (χ4v) is 2.47. The number of hydrogen-bond donors (Lipinski definition) is 1. The van der Waals surface area contributed by atoms with Gasteiger partial charge in [-0.2, -0.15) is 0 Å². The normalized spacial score (nSPS) is 12.1. The fourth-order valence-electron chi connectivity index (χ4n) is 2.47. The molecule has 0 aliphatic rings. The van der Waals surface area contributed by atoms with Gasteiger partial charge in [0, 0.05) is 18.2 Å². The van der Waals surface area contributed by atoms with Gasteiger partial charge in [0.15, 0.2) is 0 Å². The van der Waals surface area contributed by atoms with Gasteiger partial charge < -0.3 is 10.1 Å². The number of hydrogen-bond acceptors (Lipinski definition) is 4. The number of nitrogens with one attached hydrogen (secondary N) is 1.